The molecule has 1 aromatic rings. The zero-order chi connectivity index (χ0) is 10.8. The van der Waals surface area contributed by atoms with E-state index < -0.39 is 0 Å². The van der Waals surface area contributed by atoms with Crippen molar-refractivity contribution in [2.75, 3.05) is 19.0 Å². The molecule has 1 aromatic heterocycles. The minimum atomic E-state index is 0.335. The third-order valence-electron chi connectivity index (χ3n) is 2.21. The van der Waals surface area contributed by atoms with E-state index in [-0.39, 0.29) is 0 Å². The van der Waals surface area contributed by atoms with Gasteiger partial charge in [0.05, 0.1) is 6.10 Å². The van der Waals surface area contributed by atoms with Gasteiger partial charge in [-0.3, -0.25) is 4.79 Å². The summed E-state index contributed by atoms with van der Waals surface area (Å²) in [5.41, 5.74) is 0.414. The molecule has 4 nitrogen and oxygen atoms in total. The number of anilines is 1. The largest absolute Gasteiger partial charge is 0.490 e. The zero-order valence-corrected chi connectivity index (χ0v) is 8.93. The van der Waals surface area contributed by atoms with E-state index in [9.17, 15) is 4.79 Å². The van der Waals surface area contributed by atoms with Crippen molar-refractivity contribution in [2.45, 2.75) is 18.9 Å². The molecule has 1 aliphatic rings. The second kappa shape index (κ2) is 3.88. The van der Waals surface area contributed by atoms with Crippen molar-refractivity contribution in [3.05, 3.63) is 17.8 Å². The van der Waals surface area contributed by atoms with Gasteiger partial charge in [-0.1, -0.05) is 0 Å². The Kier molecular flexibility index (Phi) is 2.58. The average Bonchev–Trinajstić information content (AvgIpc) is 3.01. The molecule has 2 rings (SSSR count). The highest BCUT2D eigenvalue weighted by molar-refractivity contribution is 5.73. The van der Waals surface area contributed by atoms with Crippen LogP contribution in [-0.2, 0) is 0 Å². The van der Waals surface area contributed by atoms with Crippen LogP contribution >= 0.6 is 0 Å². The van der Waals surface area contributed by atoms with E-state index in [1.165, 1.54) is 0 Å². The lowest BCUT2D eigenvalue weighted by Gasteiger charge is -2.13. The molecule has 0 N–H and O–H groups in total. The number of hydrogen-bond acceptors (Lipinski definition) is 4. The number of rotatable bonds is 4. The molecule has 0 aromatic carbocycles. The Labute approximate surface area is 88.9 Å². The van der Waals surface area contributed by atoms with Crippen molar-refractivity contribution in [1.29, 1.82) is 0 Å². The van der Waals surface area contributed by atoms with E-state index in [1.54, 1.807) is 6.07 Å². The standard InChI is InChI=1S/C11H14N2O2/c1-13(2)11-6-10(15-9-3-4-9)5-8(7-14)12-11/h5-7,9H,3-4H2,1-2H3. The first kappa shape index (κ1) is 9.96. The monoisotopic (exact) mass is 206 g/mol. The van der Waals surface area contributed by atoms with Crippen LogP contribution in [-0.4, -0.2) is 31.5 Å². The van der Waals surface area contributed by atoms with Gasteiger partial charge in [-0.15, -0.1) is 0 Å². The molecule has 80 valence electrons. The van der Waals surface area contributed by atoms with Crippen LogP contribution in [0.3, 0.4) is 0 Å². The molecule has 15 heavy (non-hydrogen) atoms. The Morgan fingerprint density at radius 2 is 2.20 bits per heavy atom. The van der Waals surface area contributed by atoms with Crippen molar-refractivity contribution >= 4 is 12.1 Å². The van der Waals surface area contributed by atoms with Crippen LogP contribution in [0.15, 0.2) is 12.1 Å². The predicted octanol–water partition coefficient (Wildman–Crippen LogP) is 1.50. The smallest absolute Gasteiger partial charge is 0.168 e. The van der Waals surface area contributed by atoms with Gasteiger partial charge < -0.3 is 9.64 Å². The number of hydrogen-bond donors (Lipinski definition) is 0. The number of aldehydes is 1. The van der Waals surface area contributed by atoms with Gasteiger partial charge in [0.2, 0.25) is 0 Å². The van der Waals surface area contributed by atoms with Crippen LogP contribution in [0.5, 0.6) is 5.75 Å². The molecule has 4 heteroatoms. The van der Waals surface area contributed by atoms with Crippen LogP contribution in [0.4, 0.5) is 5.82 Å². The molecule has 0 saturated heterocycles. The Morgan fingerprint density at radius 1 is 1.47 bits per heavy atom. The van der Waals surface area contributed by atoms with Gasteiger partial charge in [-0.05, 0) is 12.8 Å². The van der Waals surface area contributed by atoms with E-state index in [0.717, 1.165) is 30.7 Å². The minimum absolute atomic E-state index is 0.335. The quantitative estimate of drug-likeness (QED) is 0.700. The fourth-order valence-corrected chi connectivity index (χ4v) is 1.25. The molecule has 0 bridgehead atoms. The summed E-state index contributed by atoms with van der Waals surface area (Å²) < 4.78 is 5.63. The van der Waals surface area contributed by atoms with Crippen LogP contribution in [0.25, 0.3) is 0 Å². The van der Waals surface area contributed by atoms with Gasteiger partial charge in [-0.2, -0.15) is 0 Å². The zero-order valence-electron chi connectivity index (χ0n) is 8.93. The number of ether oxygens (including phenoxy) is 1. The molecule has 0 amide bonds. The Bertz CT molecular complexity index is 373. The maximum atomic E-state index is 10.7. The van der Waals surface area contributed by atoms with E-state index in [0.29, 0.717) is 11.8 Å². The number of aromatic nitrogens is 1. The highest BCUT2D eigenvalue weighted by Gasteiger charge is 2.23. The van der Waals surface area contributed by atoms with Gasteiger partial charge in [0.1, 0.15) is 17.3 Å². The third kappa shape index (κ3) is 2.46. The summed E-state index contributed by atoms with van der Waals surface area (Å²) >= 11 is 0. The van der Waals surface area contributed by atoms with Crippen molar-refractivity contribution in [3.63, 3.8) is 0 Å². The molecule has 1 aliphatic carbocycles. The summed E-state index contributed by atoms with van der Waals surface area (Å²) in [5.74, 6) is 1.48. The van der Waals surface area contributed by atoms with E-state index in [4.69, 9.17) is 4.74 Å². The Hall–Kier alpha value is -1.58. The van der Waals surface area contributed by atoms with Gasteiger partial charge in [-0.25, -0.2) is 4.98 Å². The molecular weight excluding hydrogens is 192 g/mol. The number of carbonyl (C=O) groups excluding carboxylic acids is 1. The van der Waals surface area contributed by atoms with E-state index in [1.807, 2.05) is 25.1 Å². The van der Waals surface area contributed by atoms with Gasteiger partial charge in [0, 0.05) is 26.2 Å². The topological polar surface area (TPSA) is 42.4 Å². The SMILES string of the molecule is CN(C)c1cc(OC2CC2)cc(C=O)n1. The first-order chi connectivity index (χ1) is 7.19. The van der Waals surface area contributed by atoms with E-state index in [2.05, 4.69) is 4.98 Å². The van der Waals surface area contributed by atoms with Crippen molar-refractivity contribution in [2.24, 2.45) is 0 Å². The average molecular weight is 206 g/mol. The summed E-state index contributed by atoms with van der Waals surface area (Å²) in [6, 6.07) is 3.53. The fraction of sp³-hybridized carbons (Fsp3) is 0.455. The van der Waals surface area contributed by atoms with Crippen molar-refractivity contribution < 1.29 is 9.53 Å². The first-order valence-corrected chi connectivity index (χ1v) is 5.00. The van der Waals surface area contributed by atoms with Gasteiger partial charge in [0.15, 0.2) is 6.29 Å². The molecule has 1 saturated carbocycles. The summed E-state index contributed by atoms with van der Waals surface area (Å²) in [7, 11) is 3.77. The Morgan fingerprint density at radius 3 is 2.73 bits per heavy atom. The second-order valence-electron chi connectivity index (χ2n) is 3.92. The number of pyridine rings is 1. The summed E-state index contributed by atoms with van der Waals surface area (Å²) in [6.45, 7) is 0. The van der Waals surface area contributed by atoms with Gasteiger partial charge >= 0.3 is 0 Å². The lowest BCUT2D eigenvalue weighted by molar-refractivity contribution is 0.111. The lowest BCUT2D eigenvalue weighted by atomic mass is 10.3. The molecule has 0 radical (unpaired) electrons. The third-order valence-corrected chi connectivity index (χ3v) is 2.21. The highest BCUT2D eigenvalue weighted by Crippen LogP contribution is 2.28. The molecular formula is C11H14N2O2. The molecule has 0 aliphatic heterocycles. The molecule has 0 spiro atoms. The summed E-state index contributed by atoms with van der Waals surface area (Å²) in [5, 5.41) is 0. The summed E-state index contributed by atoms with van der Waals surface area (Å²) in [4.78, 5) is 16.7. The number of nitrogens with zero attached hydrogens (tertiary/aromatic N) is 2. The lowest BCUT2D eigenvalue weighted by Crippen LogP contribution is -2.12. The minimum Gasteiger partial charge on any atom is -0.490 e. The highest BCUT2D eigenvalue weighted by atomic mass is 16.5. The van der Waals surface area contributed by atoms with Crippen LogP contribution in [0, 0.1) is 0 Å². The molecule has 0 atom stereocenters. The van der Waals surface area contributed by atoms with Crippen molar-refractivity contribution in [1.82, 2.24) is 4.98 Å². The van der Waals surface area contributed by atoms with Crippen LogP contribution in [0.1, 0.15) is 23.3 Å². The van der Waals surface area contributed by atoms with Crippen molar-refractivity contribution in [3.8, 4) is 5.75 Å². The predicted molar refractivity (Wildman–Crippen MR) is 57.6 cm³/mol. The maximum Gasteiger partial charge on any atom is 0.168 e. The Balaban J connectivity index is 2.27. The van der Waals surface area contributed by atoms with Gasteiger partial charge in [0.25, 0.3) is 0 Å². The fourth-order valence-electron chi connectivity index (χ4n) is 1.25. The van der Waals surface area contributed by atoms with Crippen LogP contribution < -0.4 is 9.64 Å². The first-order valence-electron chi connectivity index (χ1n) is 5.00. The molecule has 0 unspecified atom stereocenters. The number of carbonyl (C=O) groups is 1. The molecule has 1 heterocycles. The second-order valence-corrected chi connectivity index (χ2v) is 3.92. The maximum absolute atomic E-state index is 10.7. The normalized spacial score (nSPS) is 14.8. The van der Waals surface area contributed by atoms with Crippen LogP contribution in [0.2, 0.25) is 0 Å². The molecule has 1 fully saturated rings. The van der Waals surface area contributed by atoms with E-state index >= 15 is 0 Å². The summed E-state index contributed by atoms with van der Waals surface area (Å²) in [6.07, 6.45) is 3.29.